The van der Waals surface area contributed by atoms with Crippen LogP contribution in [0.1, 0.15) is 55.5 Å². The predicted molar refractivity (Wildman–Crippen MR) is 189 cm³/mol. The van der Waals surface area contributed by atoms with Gasteiger partial charge in [0.05, 0.1) is 8.07 Å². The van der Waals surface area contributed by atoms with Gasteiger partial charge in [0.25, 0.3) is 0 Å². The molecule has 0 saturated carbocycles. The zero-order valence-electron chi connectivity index (χ0n) is 26.5. The molecule has 0 aromatic heterocycles. The van der Waals surface area contributed by atoms with Gasteiger partial charge in [-0.05, 0) is 86.5 Å². The Morgan fingerprint density at radius 3 is 1.37 bits per heavy atom. The van der Waals surface area contributed by atoms with E-state index in [9.17, 15) is 0 Å². The Bertz CT molecular complexity index is 1790. The number of nitrogens with zero attached hydrogens (tertiary/aromatic N) is 1. The minimum Gasteiger partial charge on any atom is -0.310 e. The van der Waals surface area contributed by atoms with E-state index in [1.165, 1.54) is 67.1 Å². The molecule has 0 heterocycles. The lowest BCUT2D eigenvalue weighted by Crippen LogP contribution is -2.18. The van der Waals surface area contributed by atoms with Crippen molar-refractivity contribution in [3.63, 3.8) is 0 Å². The van der Waals surface area contributed by atoms with E-state index in [0.717, 1.165) is 0 Å². The van der Waals surface area contributed by atoms with Crippen molar-refractivity contribution in [2.45, 2.75) is 58.2 Å². The standard InChI is InChI=1S/C41H41NSi/c1-40(2)36-14-10-8-12-32(36)34-22-20-30(26-38(34)40)42(29-18-16-28(17-19-29)24-25-43(5,6)7)31-21-23-35-33-13-9-11-15-37(33)41(3,4)39(35)27-31/h8-27H,1-7H3/b25-24+. The first kappa shape index (κ1) is 27.7. The molecule has 0 N–H and O–H groups in total. The van der Waals surface area contributed by atoms with Crippen LogP contribution in [0.25, 0.3) is 28.3 Å². The smallest absolute Gasteiger partial charge is 0.0687 e. The van der Waals surface area contributed by atoms with Crippen molar-refractivity contribution in [2.75, 3.05) is 4.90 Å². The van der Waals surface area contributed by atoms with Crippen molar-refractivity contribution < 1.29 is 0 Å². The van der Waals surface area contributed by atoms with E-state index in [-0.39, 0.29) is 10.8 Å². The molecule has 0 aliphatic heterocycles. The van der Waals surface area contributed by atoms with Gasteiger partial charge >= 0.3 is 0 Å². The summed E-state index contributed by atoms with van der Waals surface area (Å²) in [6.07, 6.45) is 2.30. The average Bonchev–Trinajstić information content (AvgIpc) is 3.36. The Morgan fingerprint density at radius 2 is 0.907 bits per heavy atom. The molecule has 43 heavy (non-hydrogen) atoms. The summed E-state index contributed by atoms with van der Waals surface area (Å²) in [6.45, 7) is 16.6. The third kappa shape index (κ3) is 4.51. The molecular formula is C41H41NSi. The van der Waals surface area contributed by atoms with Crippen LogP contribution in [-0.2, 0) is 10.8 Å². The molecule has 2 aliphatic rings. The first-order chi connectivity index (χ1) is 20.4. The van der Waals surface area contributed by atoms with Gasteiger partial charge in [0.2, 0.25) is 0 Å². The molecule has 2 heteroatoms. The number of rotatable bonds is 5. The van der Waals surface area contributed by atoms with Crippen molar-refractivity contribution in [3.05, 3.63) is 143 Å². The fraction of sp³-hybridized carbons (Fsp3) is 0.220. The van der Waals surface area contributed by atoms with Crippen LogP contribution in [0.15, 0.2) is 115 Å². The molecule has 0 saturated heterocycles. The Kier molecular flexibility index (Phi) is 6.24. The second kappa shape index (κ2) is 9.69. The molecule has 7 rings (SSSR count). The molecule has 214 valence electrons. The lowest BCUT2D eigenvalue weighted by atomic mass is 9.82. The van der Waals surface area contributed by atoms with Crippen LogP contribution < -0.4 is 4.90 Å². The summed E-state index contributed by atoms with van der Waals surface area (Å²) in [6, 6.07) is 41.0. The van der Waals surface area contributed by atoms with Gasteiger partial charge in [-0.3, -0.25) is 0 Å². The third-order valence-corrected chi connectivity index (χ3v) is 10.7. The van der Waals surface area contributed by atoms with Crippen LogP contribution in [-0.4, -0.2) is 8.07 Å². The molecule has 0 atom stereocenters. The van der Waals surface area contributed by atoms with Crippen LogP contribution in [0.5, 0.6) is 0 Å². The number of benzene rings is 5. The summed E-state index contributed by atoms with van der Waals surface area (Å²) >= 11 is 0. The van der Waals surface area contributed by atoms with Gasteiger partial charge in [-0.15, -0.1) is 0 Å². The lowest BCUT2D eigenvalue weighted by molar-refractivity contribution is 0.660. The third-order valence-electron chi connectivity index (χ3n) is 9.58. The van der Waals surface area contributed by atoms with Crippen LogP contribution >= 0.6 is 0 Å². The molecule has 2 aliphatic carbocycles. The van der Waals surface area contributed by atoms with Crippen LogP contribution in [0.2, 0.25) is 19.6 Å². The average molecular weight is 576 g/mol. The molecular weight excluding hydrogens is 535 g/mol. The monoisotopic (exact) mass is 575 g/mol. The van der Waals surface area contributed by atoms with Crippen molar-refractivity contribution >= 4 is 31.2 Å². The SMILES string of the molecule is CC1(C)c2ccccc2-c2ccc(N(c3ccc(/C=C/[Si](C)(C)C)cc3)c3ccc4c(c3)C(C)(C)c3ccccc3-4)cc21. The van der Waals surface area contributed by atoms with Gasteiger partial charge in [0.1, 0.15) is 0 Å². The quantitative estimate of drug-likeness (QED) is 0.188. The second-order valence-electron chi connectivity index (χ2n) is 14.4. The highest BCUT2D eigenvalue weighted by atomic mass is 28.3. The first-order valence-electron chi connectivity index (χ1n) is 15.5. The summed E-state index contributed by atoms with van der Waals surface area (Å²) in [4.78, 5) is 2.45. The summed E-state index contributed by atoms with van der Waals surface area (Å²) in [7, 11) is -1.27. The molecule has 5 aromatic rings. The first-order valence-corrected chi connectivity index (χ1v) is 19.1. The van der Waals surface area contributed by atoms with Gasteiger partial charge < -0.3 is 4.90 Å². The minimum atomic E-state index is -1.27. The van der Waals surface area contributed by atoms with Crippen LogP contribution in [0.3, 0.4) is 0 Å². The molecule has 0 unspecified atom stereocenters. The van der Waals surface area contributed by atoms with Gasteiger partial charge in [-0.1, -0.05) is 132 Å². The molecule has 0 spiro atoms. The summed E-state index contributed by atoms with van der Waals surface area (Å²) in [5, 5.41) is 0. The van der Waals surface area contributed by atoms with E-state index in [1.54, 1.807) is 0 Å². The van der Waals surface area contributed by atoms with Crippen molar-refractivity contribution in [1.82, 2.24) is 0 Å². The second-order valence-corrected chi connectivity index (χ2v) is 19.5. The largest absolute Gasteiger partial charge is 0.310 e. The highest BCUT2D eigenvalue weighted by Crippen LogP contribution is 2.52. The van der Waals surface area contributed by atoms with E-state index < -0.39 is 8.07 Å². The normalized spacial score (nSPS) is 15.6. The Morgan fingerprint density at radius 1 is 0.488 bits per heavy atom. The van der Waals surface area contributed by atoms with Crippen molar-refractivity contribution in [1.29, 1.82) is 0 Å². The zero-order valence-corrected chi connectivity index (χ0v) is 27.5. The fourth-order valence-electron chi connectivity index (χ4n) is 7.19. The maximum atomic E-state index is 2.45. The molecule has 5 aromatic carbocycles. The van der Waals surface area contributed by atoms with Crippen molar-refractivity contribution in [3.8, 4) is 22.3 Å². The molecule has 0 fully saturated rings. The minimum absolute atomic E-state index is 0.0549. The van der Waals surface area contributed by atoms with E-state index in [2.05, 4.69) is 173 Å². The van der Waals surface area contributed by atoms with Gasteiger partial charge in [0.15, 0.2) is 0 Å². The Balaban J connectivity index is 1.38. The number of anilines is 3. The van der Waals surface area contributed by atoms with Crippen molar-refractivity contribution in [2.24, 2.45) is 0 Å². The predicted octanol–water partition coefficient (Wildman–Crippen LogP) is 11.7. The lowest BCUT2D eigenvalue weighted by Gasteiger charge is -2.29. The summed E-state index contributed by atoms with van der Waals surface area (Å²) < 4.78 is 0. The molecule has 0 bridgehead atoms. The van der Waals surface area contributed by atoms with Crippen LogP contribution in [0.4, 0.5) is 17.1 Å². The van der Waals surface area contributed by atoms with Crippen LogP contribution in [0, 0.1) is 0 Å². The van der Waals surface area contributed by atoms with Gasteiger partial charge in [0, 0.05) is 27.9 Å². The maximum absolute atomic E-state index is 2.45. The van der Waals surface area contributed by atoms with E-state index in [0.29, 0.717) is 0 Å². The Labute approximate surface area is 258 Å². The fourth-order valence-corrected chi connectivity index (χ4v) is 7.88. The van der Waals surface area contributed by atoms with E-state index in [4.69, 9.17) is 0 Å². The van der Waals surface area contributed by atoms with Gasteiger partial charge in [-0.25, -0.2) is 0 Å². The highest BCUT2D eigenvalue weighted by Gasteiger charge is 2.37. The summed E-state index contributed by atoms with van der Waals surface area (Å²) in [5.74, 6) is 0. The maximum Gasteiger partial charge on any atom is 0.0687 e. The van der Waals surface area contributed by atoms with Gasteiger partial charge in [-0.2, -0.15) is 0 Å². The number of fused-ring (bicyclic) bond motifs is 6. The topological polar surface area (TPSA) is 3.24 Å². The molecule has 0 amide bonds. The van der Waals surface area contributed by atoms with E-state index >= 15 is 0 Å². The zero-order chi connectivity index (χ0) is 30.1. The number of hydrogen-bond acceptors (Lipinski definition) is 1. The summed E-state index contributed by atoms with van der Waals surface area (Å²) in [5.41, 5.74) is 18.1. The highest BCUT2D eigenvalue weighted by molar-refractivity contribution is 6.81. The number of hydrogen-bond donors (Lipinski definition) is 0. The molecule has 0 radical (unpaired) electrons. The van der Waals surface area contributed by atoms with E-state index in [1.807, 2.05) is 0 Å². The Hall–Kier alpha value is -4.14. The molecule has 1 nitrogen and oxygen atoms in total.